The van der Waals surface area contributed by atoms with Crippen LogP contribution in [0.5, 0.6) is 5.75 Å². The number of ether oxygens (including phenoxy) is 2. The maximum atomic E-state index is 11.6. The fourth-order valence-corrected chi connectivity index (χ4v) is 2.24. The molecule has 4 heteroatoms. The molecule has 1 aliphatic heterocycles. The lowest BCUT2D eigenvalue weighted by molar-refractivity contribution is -0.145. The third-order valence-corrected chi connectivity index (χ3v) is 3.48. The van der Waals surface area contributed by atoms with Crippen LogP contribution >= 0.6 is 0 Å². The molecule has 0 bridgehead atoms. The summed E-state index contributed by atoms with van der Waals surface area (Å²) < 4.78 is 10.3. The lowest BCUT2D eigenvalue weighted by Gasteiger charge is -2.08. The first-order valence-corrected chi connectivity index (χ1v) is 6.77. The summed E-state index contributed by atoms with van der Waals surface area (Å²) in [5.41, 5.74) is 0.983. The van der Waals surface area contributed by atoms with Crippen molar-refractivity contribution in [3.05, 3.63) is 29.8 Å². The molecule has 1 aliphatic rings. The summed E-state index contributed by atoms with van der Waals surface area (Å²) in [5.74, 6) is 1.33. The van der Waals surface area contributed by atoms with Crippen molar-refractivity contribution in [2.45, 2.75) is 25.9 Å². The predicted octanol–water partition coefficient (Wildman–Crippen LogP) is 2.13. The number of hydrogen-bond acceptors (Lipinski definition) is 4. The highest BCUT2D eigenvalue weighted by molar-refractivity contribution is 5.69. The van der Waals surface area contributed by atoms with Crippen LogP contribution in [0.3, 0.4) is 0 Å². The molecule has 1 heterocycles. The highest BCUT2D eigenvalue weighted by Crippen LogP contribution is 2.15. The van der Waals surface area contributed by atoms with Gasteiger partial charge in [0.15, 0.2) is 0 Å². The monoisotopic (exact) mass is 263 g/mol. The van der Waals surface area contributed by atoms with Gasteiger partial charge < -0.3 is 14.8 Å². The van der Waals surface area contributed by atoms with E-state index in [1.165, 1.54) is 6.42 Å². The van der Waals surface area contributed by atoms with Gasteiger partial charge in [0.05, 0.1) is 7.11 Å². The second-order valence-electron chi connectivity index (χ2n) is 4.91. The molecule has 0 radical (unpaired) electrons. The van der Waals surface area contributed by atoms with Gasteiger partial charge in [-0.3, -0.25) is 4.79 Å². The van der Waals surface area contributed by atoms with Crippen LogP contribution < -0.4 is 10.1 Å². The summed E-state index contributed by atoms with van der Waals surface area (Å²) in [6, 6.07) is 7.56. The molecule has 0 amide bonds. The van der Waals surface area contributed by atoms with Crippen molar-refractivity contribution in [1.29, 1.82) is 0 Å². The lowest BCUT2D eigenvalue weighted by Crippen LogP contribution is -2.11. The van der Waals surface area contributed by atoms with Crippen molar-refractivity contribution in [1.82, 2.24) is 5.32 Å². The normalized spacial score (nSPS) is 18.3. The van der Waals surface area contributed by atoms with E-state index in [4.69, 9.17) is 9.47 Å². The molecule has 0 aromatic heterocycles. The second-order valence-corrected chi connectivity index (χ2v) is 4.91. The Bertz CT molecular complexity index is 396. The molecule has 19 heavy (non-hydrogen) atoms. The van der Waals surface area contributed by atoms with Crippen LogP contribution in [0.1, 0.15) is 24.8 Å². The zero-order valence-corrected chi connectivity index (χ0v) is 11.4. The lowest BCUT2D eigenvalue weighted by atomic mass is 10.0. The first kappa shape index (κ1) is 13.9. The Hall–Kier alpha value is -1.55. The van der Waals surface area contributed by atoms with Crippen LogP contribution in [0.2, 0.25) is 0 Å². The molecule has 104 valence electrons. The maximum Gasteiger partial charge on any atom is 0.306 e. The summed E-state index contributed by atoms with van der Waals surface area (Å²) in [4.78, 5) is 11.6. The van der Waals surface area contributed by atoms with Gasteiger partial charge in [-0.2, -0.15) is 0 Å². The van der Waals surface area contributed by atoms with Crippen LogP contribution in [0, 0.1) is 5.92 Å². The Balaban J connectivity index is 1.67. The minimum Gasteiger partial charge on any atom is -0.497 e. The number of esters is 1. The number of hydrogen-bond donors (Lipinski definition) is 1. The number of methoxy groups -OCH3 is 1. The quantitative estimate of drug-likeness (QED) is 0.799. The van der Waals surface area contributed by atoms with E-state index in [0.29, 0.717) is 18.9 Å². The van der Waals surface area contributed by atoms with Crippen molar-refractivity contribution in [3.63, 3.8) is 0 Å². The number of benzene rings is 1. The Labute approximate surface area is 114 Å². The molecule has 1 unspecified atom stereocenters. The van der Waals surface area contributed by atoms with E-state index in [1.807, 2.05) is 24.3 Å². The average Bonchev–Trinajstić information content (AvgIpc) is 2.96. The van der Waals surface area contributed by atoms with Crippen molar-refractivity contribution >= 4 is 5.97 Å². The van der Waals surface area contributed by atoms with E-state index in [0.717, 1.165) is 30.8 Å². The van der Waals surface area contributed by atoms with Crippen molar-refractivity contribution in [2.75, 3.05) is 20.2 Å². The topological polar surface area (TPSA) is 47.6 Å². The van der Waals surface area contributed by atoms with Gasteiger partial charge in [0.1, 0.15) is 12.4 Å². The summed E-state index contributed by atoms with van der Waals surface area (Å²) in [5, 5.41) is 3.30. The summed E-state index contributed by atoms with van der Waals surface area (Å²) in [7, 11) is 1.63. The zero-order chi connectivity index (χ0) is 13.5. The van der Waals surface area contributed by atoms with Gasteiger partial charge in [0.2, 0.25) is 0 Å². The molecule has 0 saturated carbocycles. The minimum absolute atomic E-state index is 0.109. The molecule has 1 N–H and O–H groups in total. The molecule has 2 rings (SSSR count). The minimum atomic E-state index is -0.109. The summed E-state index contributed by atoms with van der Waals surface area (Å²) in [6.45, 7) is 2.45. The zero-order valence-electron chi connectivity index (χ0n) is 11.4. The van der Waals surface area contributed by atoms with Gasteiger partial charge in [-0.05, 0) is 49.5 Å². The largest absolute Gasteiger partial charge is 0.497 e. The van der Waals surface area contributed by atoms with Crippen molar-refractivity contribution in [3.8, 4) is 5.75 Å². The smallest absolute Gasteiger partial charge is 0.306 e. The Morgan fingerprint density at radius 3 is 2.79 bits per heavy atom. The summed E-state index contributed by atoms with van der Waals surface area (Å²) in [6.07, 6.45) is 2.61. The van der Waals surface area contributed by atoms with Gasteiger partial charge in [-0.1, -0.05) is 12.1 Å². The molecule has 0 aliphatic carbocycles. The highest BCUT2D eigenvalue weighted by Gasteiger charge is 2.16. The molecule has 4 nitrogen and oxygen atoms in total. The molecule has 1 aromatic carbocycles. The molecule has 1 fully saturated rings. The SMILES string of the molecule is COc1ccc(COC(=O)CCC2CCNC2)cc1. The molecular formula is C15H21NO3. The van der Waals surface area contributed by atoms with Crippen LogP contribution in [-0.4, -0.2) is 26.2 Å². The Morgan fingerprint density at radius 1 is 1.37 bits per heavy atom. The van der Waals surface area contributed by atoms with Crippen LogP contribution in [0.4, 0.5) is 0 Å². The van der Waals surface area contributed by atoms with Crippen LogP contribution in [0.15, 0.2) is 24.3 Å². The molecule has 1 atom stereocenters. The predicted molar refractivity (Wildman–Crippen MR) is 73.0 cm³/mol. The fourth-order valence-electron chi connectivity index (χ4n) is 2.24. The van der Waals surface area contributed by atoms with Gasteiger partial charge in [0.25, 0.3) is 0 Å². The number of carbonyl (C=O) groups is 1. The third-order valence-electron chi connectivity index (χ3n) is 3.48. The summed E-state index contributed by atoms with van der Waals surface area (Å²) >= 11 is 0. The first-order valence-electron chi connectivity index (χ1n) is 6.77. The van der Waals surface area contributed by atoms with E-state index < -0.39 is 0 Å². The van der Waals surface area contributed by atoms with Crippen LogP contribution in [-0.2, 0) is 16.1 Å². The maximum absolute atomic E-state index is 11.6. The fraction of sp³-hybridized carbons (Fsp3) is 0.533. The molecular weight excluding hydrogens is 242 g/mol. The Morgan fingerprint density at radius 2 is 2.16 bits per heavy atom. The molecule has 0 spiro atoms. The van der Waals surface area contributed by atoms with Gasteiger partial charge >= 0.3 is 5.97 Å². The standard InChI is InChI=1S/C15H21NO3/c1-18-14-5-2-13(3-6-14)11-19-15(17)7-4-12-8-9-16-10-12/h2-3,5-6,12,16H,4,7-11H2,1H3. The van der Waals surface area contributed by atoms with E-state index in [2.05, 4.69) is 5.32 Å². The van der Waals surface area contributed by atoms with E-state index in [1.54, 1.807) is 7.11 Å². The molecule has 1 aromatic rings. The van der Waals surface area contributed by atoms with Gasteiger partial charge in [-0.25, -0.2) is 0 Å². The van der Waals surface area contributed by atoms with E-state index >= 15 is 0 Å². The number of rotatable bonds is 6. The van der Waals surface area contributed by atoms with Gasteiger partial charge in [-0.15, -0.1) is 0 Å². The van der Waals surface area contributed by atoms with Crippen molar-refractivity contribution in [2.24, 2.45) is 5.92 Å². The van der Waals surface area contributed by atoms with Crippen molar-refractivity contribution < 1.29 is 14.3 Å². The average molecular weight is 263 g/mol. The Kier molecular flexibility index (Phi) is 5.21. The van der Waals surface area contributed by atoms with Gasteiger partial charge in [0, 0.05) is 6.42 Å². The van der Waals surface area contributed by atoms with E-state index in [-0.39, 0.29) is 5.97 Å². The molecule has 1 saturated heterocycles. The highest BCUT2D eigenvalue weighted by atomic mass is 16.5. The van der Waals surface area contributed by atoms with Crippen LogP contribution in [0.25, 0.3) is 0 Å². The second kappa shape index (κ2) is 7.14. The first-order chi connectivity index (χ1) is 9.28. The number of nitrogens with one attached hydrogen (secondary N) is 1. The third kappa shape index (κ3) is 4.56. The number of carbonyl (C=O) groups excluding carboxylic acids is 1. The van der Waals surface area contributed by atoms with E-state index in [9.17, 15) is 4.79 Å².